The molecule has 1 aliphatic carbocycles. The standard InChI is InChI=1S/C15H30N4O/c1-12(2)19(13-6-7-13)9-8-17-15(16-3)18-11-14-5-4-10-20-14/h12-14H,4-11H2,1-3H3,(H2,16,17,18). The van der Waals surface area contributed by atoms with Crippen molar-refractivity contribution >= 4 is 5.96 Å². The highest BCUT2D eigenvalue weighted by atomic mass is 16.5. The normalized spacial score (nSPS) is 23.6. The Hall–Kier alpha value is -0.810. The highest BCUT2D eigenvalue weighted by molar-refractivity contribution is 5.79. The molecule has 0 spiro atoms. The summed E-state index contributed by atoms with van der Waals surface area (Å²) in [5.74, 6) is 0.889. The first-order valence-electron chi connectivity index (χ1n) is 8.02. The molecule has 1 unspecified atom stereocenters. The van der Waals surface area contributed by atoms with Crippen LogP contribution in [-0.2, 0) is 4.74 Å². The van der Waals surface area contributed by atoms with Crippen LogP contribution >= 0.6 is 0 Å². The SMILES string of the molecule is CN=C(NCCN(C(C)C)C1CC1)NCC1CCCO1. The van der Waals surface area contributed by atoms with Gasteiger partial charge in [0.15, 0.2) is 5.96 Å². The summed E-state index contributed by atoms with van der Waals surface area (Å²) in [7, 11) is 1.83. The van der Waals surface area contributed by atoms with Crippen LogP contribution < -0.4 is 10.6 Å². The summed E-state index contributed by atoms with van der Waals surface area (Å²) in [6.07, 6.45) is 5.43. The molecule has 0 aromatic heterocycles. The van der Waals surface area contributed by atoms with Crippen LogP contribution in [0.15, 0.2) is 4.99 Å². The van der Waals surface area contributed by atoms with Gasteiger partial charge in [0.25, 0.3) is 0 Å². The van der Waals surface area contributed by atoms with Crippen molar-refractivity contribution in [3.63, 3.8) is 0 Å². The number of guanidine groups is 1. The lowest BCUT2D eigenvalue weighted by Crippen LogP contribution is -2.45. The number of nitrogens with one attached hydrogen (secondary N) is 2. The maximum Gasteiger partial charge on any atom is 0.191 e. The fourth-order valence-electron chi connectivity index (χ4n) is 2.81. The molecule has 1 saturated carbocycles. The monoisotopic (exact) mass is 282 g/mol. The van der Waals surface area contributed by atoms with Crippen LogP contribution in [0.3, 0.4) is 0 Å². The van der Waals surface area contributed by atoms with Crippen molar-refractivity contribution in [2.45, 2.75) is 57.7 Å². The Bertz CT molecular complexity index is 307. The topological polar surface area (TPSA) is 48.9 Å². The number of hydrogen-bond acceptors (Lipinski definition) is 3. The van der Waals surface area contributed by atoms with E-state index in [0.29, 0.717) is 12.1 Å². The third-order valence-electron chi connectivity index (χ3n) is 4.09. The van der Waals surface area contributed by atoms with E-state index in [4.69, 9.17) is 4.74 Å². The van der Waals surface area contributed by atoms with Gasteiger partial charge in [-0.1, -0.05) is 0 Å². The van der Waals surface area contributed by atoms with Crippen LogP contribution in [0.5, 0.6) is 0 Å². The van der Waals surface area contributed by atoms with Gasteiger partial charge in [-0.3, -0.25) is 9.89 Å². The molecule has 1 saturated heterocycles. The molecule has 0 amide bonds. The van der Waals surface area contributed by atoms with Gasteiger partial charge < -0.3 is 15.4 Å². The molecule has 2 rings (SSSR count). The van der Waals surface area contributed by atoms with Crippen molar-refractivity contribution in [2.75, 3.05) is 33.3 Å². The van der Waals surface area contributed by atoms with Gasteiger partial charge in [0.1, 0.15) is 0 Å². The predicted octanol–water partition coefficient (Wildman–Crippen LogP) is 1.20. The van der Waals surface area contributed by atoms with Crippen LogP contribution in [0.1, 0.15) is 39.5 Å². The molecule has 0 aromatic carbocycles. The van der Waals surface area contributed by atoms with E-state index in [2.05, 4.69) is 34.4 Å². The van der Waals surface area contributed by atoms with Gasteiger partial charge >= 0.3 is 0 Å². The van der Waals surface area contributed by atoms with Crippen molar-refractivity contribution < 1.29 is 4.74 Å². The average Bonchev–Trinajstić information content (AvgIpc) is 3.13. The number of hydrogen-bond donors (Lipinski definition) is 2. The van der Waals surface area contributed by atoms with E-state index in [-0.39, 0.29) is 0 Å². The number of ether oxygens (including phenoxy) is 1. The van der Waals surface area contributed by atoms with Crippen molar-refractivity contribution in [3.05, 3.63) is 0 Å². The zero-order valence-corrected chi connectivity index (χ0v) is 13.2. The molecular weight excluding hydrogens is 252 g/mol. The lowest BCUT2D eigenvalue weighted by Gasteiger charge is -2.26. The Balaban J connectivity index is 1.62. The Labute approximate surface area is 123 Å². The molecule has 5 heteroatoms. The summed E-state index contributed by atoms with van der Waals surface area (Å²) < 4.78 is 5.61. The Morgan fingerprint density at radius 2 is 2.10 bits per heavy atom. The summed E-state index contributed by atoms with van der Waals surface area (Å²) in [5.41, 5.74) is 0. The maximum absolute atomic E-state index is 5.61. The van der Waals surface area contributed by atoms with Gasteiger partial charge in [-0.15, -0.1) is 0 Å². The van der Waals surface area contributed by atoms with Crippen molar-refractivity contribution in [2.24, 2.45) is 4.99 Å². The zero-order chi connectivity index (χ0) is 14.4. The minimum atomic E-state index is 0.354. The number of nitrogens with zero attached hydrogens (tertiary/aromatic N) is 2. The lowest BCUT2D eigenvalue weighted by molar-refractivity contribution is 0.113. The van der Waals surface area contributed by atoms with Crippen LogP contribution in [0.25, 0.3) is 0 Å². The third-order valence-corrected chi connectivity index (χ3v) is 4.09. The van der Waals surface area contributed by atoms with E-state index in [1.165, 1.54) is 19.3 Å². The third kappa shape index (κ3) is 4.94. The second kappa shape index (κ2) is 7.84. The minimum Gasteiger partial charge on any atom is -0.376 e. The molecule has 1 aliphatic heterocycles. The first-order valence-corrected chi connectivity index (χ1v) is 8.02. The second-order valence-corrected chi connectivity index (χ2v) is 6.08. The molecular formula is C15H30N4O. The molecule has 116 valence electrons. The average molecular weight is 282 g/mol. The molecule has 5 nitrogen and oxygen atoms in total. The Morgan fingerprint density at radius 3 is 2.65 bits per heavy atom. The fourth-order valence-corrected chi connectivity index (χ4v) is 2.81. The first-order chi connectivity index (χ1) is 9.70. The Morgan fingerprint density at radius 1 is 1.30 bits per heavy atom. The van der Waals surface area contributed by atoms with Gasteiger partial charge in [-0.2, -0.15) is 0 Å². The van der Waals surface area contributed by atoms with E-state index in [0.717, 1.165) is 44.7 Å². The molecule has 2 fully saturated rings. The lowest BCUT2D eigenvalue weighted by atomic mass is 10.2. The van der Waals surface area contributed by atoms with Gasteiger partial charge in [0.2, 0.25) is 0 Å². The summed E-state index contributed by atoms with van der Waals surface area (Å²) in [6, 6.07) is 1.45. The van der Waals surface area contributed by atoms with Crippen LogP contribution in [-0.4, -0.2) is 62.3 Å². The molecule has 1 heterocycles. The molecule has 2 N–H and O–H groups in total. The van der Waals surface area contributed by atoms with E-state index < -0.39 is 0 Å². The largest absolute Gasteiger partial charge is 0.376 e. The van der Waals surface area contributed by atoms with Crippen molar-refractivity contribution in [1.29, 1.82) is 0 Å². The van der Waals surface area contributed by atoms with Gasteiger partial charge in [-0.05, 0) is 39.5 Å². The van der Waals surface area contributed by atoms with Crippen LogP contribution in [0.4, 0.5) is 0 Å². The van der Waals surface area contributed by atoms with E-state index in [9.17, 15) is 0 Å². The molecule has 2 aliphatic rings. The fraction of sp³-hybridized carbons (Fsp3) is 0.933. The minimum absolute atomic E-state index is 0.354. The van der Waals surface area contributed by atoms with Gasteiger partial charge in [0.05, 0.1) is 6.10 Å². The zero-order valence-electron chi connectivity index (χ0n) is 13.2. The van der Waals surface area contributed by atoms with Crippen LogP contribution in [0.2, 0.25) is 0 Å². The molecule has 20 heavy (non-hydrogen) atoms. The predicted molar refractivity (Wildman–Crippen MR) is 83.2 cm³/mol. The van der Waals surface area contributed by atoms with Crippen molar-refractivity contribution in [3.8, 4) is 0 Å². The first kappa shape index (κ1) is 15.6. The number of aliphatic imine (C=N–C) groups is 1. The number of rotatable bonds is 7. The molecule has 0 aromatic rings. The van der Waals surface area contributed by atoms with Crippen molar-refractivity contribution in [1.82, 2.24) is 15.5 Å². The van der Waals surface area contributed by atoms with E-state index >= 15 is 0 Å². The van der Waals surface area contributed by atoms with Gasteiger partial charge in [0, 0.05) is 45.4 Å². The highest BCUT2D eigenvalue weighted by Gasteiger charge is 2.30. The quantitative estimate of drug-likeness (QED) is 0.544. The smallest absolute Gasteiger partial charge is 0.191 e. The molecule has 1 atom stereocenters. The maximum atomic E-state index is 5.61. The molecule has 0 bridgehead atoms. The second-order valence-electron chi connectivity index (χ2n) is 6.08. The summed E-state index contributed by atoms with van der Waals surface area (Å²) >= 11 is 0. The van der Waals surface area contributed by atoms with Crippen LogP contribution in [0, 0.1) is 0 Å². The van der Waals surface area contributed by atoms with Gasteiger partial charge in [-0.25, -0.2) is 0 Å². The van der Waals surface area contributed by atoms with E-state index in [1.54, 1.807) is 0 Å². The Kier molecular flexibility index (Phi) is 6.10. The summed E-state index contributed by atoms with van der Waals surface area (Å²) in [5, 5.41) is 6.76. The van der Waals surface area contributed by atoms with E-state index in [1.807, 2.05) is 7.05 Å². The highest BCUT2D eigenvalue weighted by Crippen LogP contribution is 2.27. The summed E-state index contributed by atoms with van der Waals surface area (Å²) in [6.45, 7) is 8.35. The molecule has 0 radical (unpaired) electrons. The summed E-state index contributed by atoms with van der Waals surface area (Å²) in [4.78, 5) is 6.86.